The lowest BCUT2D eigenvalue weighted by Crippen LogP contribution is -2.04. The second kappa shape index (κ2) is 4.30. The molecule has 0 fully saturated rings. The summed E-state index contributed by atoms with van der Waals surface area (Å²) in [5.41, 5.74) is 7.24. The minimum absolute atomic E-state index is 0.615. The third-order valence-electron chi connectivity index (χ3n) is 3.19. The van der Waals surface area contributed by atoms with Gasteiger partial charge in [0.05, 0.1) is 11.1 Å². The summed E-state index contributed by atoms with van der Waals surface area (Å²) in [5.74, 6) is 0. The highest BCUT2D eigenvalue weighted by atomic mass is 19.4. The fourth-order valence-electron chi connectivity index (χ4n) is 2.18. The second-order valence-electron chi connectivity index (χ2n) is 4.55. The monoisotopic (exact) mass is 276 g/mol. The number of nitrogens with zero attached hydrogens (tertiary/aromatic N) is 1. The maximum atomic E-state index is 12.5. The molecule has 0 bridgehead atoms. The summed E-state index contributed by atoms with van der Waals surface area (Å²) in [5, 5.41) is 0.985. The Morgan fingerprint density at radius 3 is 2.25 bits per heavy atom. The van der Waals surface area contributed by atoms with E-state index in [-0.39, 0.29) is 0 Å². The number of benzene rings is 2. The summed E-state index contributed by atoms with van der Waals surface area (Å²) in [6.45, 7) is 0. The molecule has 0 aliphatic carbocycles. The molecule has 0 atom stereocenters. The molecule has 0 aliphatic rings. The van der Waals surface area contributed by atoms with Crippen LogP contribution in [0.1, 0.15) is 5.56 Å². The fraction of sp³-hybridized carbons (Fsp3) is 0.0667. The predicted molar refractivity (Wildman–Crippen MR) is 72.7 cm³/mol. The fourth-order valence-corrected chi connectivity index (χ4v) is 2.18. The number of alkyl halides is 3. The van der Waals surface area contributed by atoms with E-state index in [1.54, 1.807) is 12.1 Å². The van der Waals surface area contributed by atoms with Gasteiger partial charge in [-0.1, -0.05) is 6.07 Å². The summed E-state index contributed by atoms with van der Waals surface area (Å²) >= 11 is 0. The Kier molecular flexibility index (Phi) is 2.71. The van der Waals surface area contributed by atoms with Crippen LogP contribution in [-0.2, 0) is 6.18 Å². The summed E-state index contributed by atoms with van der Waals surface area (Å²) in [6.07, 6.45) is -2.51. The summed E-state index contributed by atoms with van der Waals surface area (Å²) in [6, 6.07) is 12.4. The highest BCUT2D eigenvalue weighted by molar-refractivity contribution is 5.84. The number of hydrogen-bond donors (Lipinski definition) is 1. The van der Waals surface area contributed by atoms with Crippen LogP contribution in [0.5, 0.6) is 0 Å². The van der Waals surface area contributed by atoms with Gasteiger partial charge >= 0.3 is 6.18 Å². The highest BCUT2D eigenvalue weighted by Gasteiger charge is 2.29. The van der Waals surface area contributed by atoms with E-state index in [9.17, 15) is 13.2 Å². The van der Waals surface area contributed by atoms with Crippen molar-refractivity contribution in [2.75, 3.05) is 5.73 Å². The molecule has 0 saturated carbocycles. The van der Waals surface area contributed by atoms with Gasteiger partial charge in [-0.3, -0.25) is 0 Å². The molecule has 1 aromatic heterocycles. The van der Waals surface area contributed by atoms with Gasteiger partial charge in [0.2, 0.25) is 0 Å². The van der Waals surface area contributed by atoms with Crippen LogP contribution in [0, 0.1) is 0 Å². The Bertz CT molecular complexity index is 755. The first kappa shape index (κ1) is 12.6. The minimum Gasteiger partial charge on any atom is -0.399 e. The first-order valence-electron chi connectivity index (χ1n) is 5.99. The largest absolute Gasteiger partial charge is 0.416 e. The lowest BCUT2D eigenvalue weighted by atomic mass is 10.2. The average Bonchev–Trinajstić information content (AvgIpc) is 2.81. The lowest BCUT2D eigenvalue weighted by molar-refractivity contribution is -0.137. The molecule has 0 amide bonds. The number of hydrogen-bond acceptors (Lipinski definition) is 1. The van der Waals surface area contributed by atoms with Crippen molar-refractivity contribution < 1.29 is 13.2 Å². The molecule has 0 saturated heterocycles. The van der Waals surface area contributed by atoms with Crippen LogP contribution in [0.25, 0.3) is 16.6 Å². The van der Waals surface area contributed by atoms with Gasteiger partial charge in [0.15, 0.2) is 0 Å². The van der Waals surface area contributed by atoms with Crippen molar-refractivity contribution in [2.45, 2.75) is 6.18 Å². The predicted octanol–water partition coefficient (Wildman–Crippen LogP) is 4.23. The van der Waals surface area contributed by atoms with E-state index in [4.69, 9.17) is 5.73 Å². The van der Waals surface area contributed by atoms with Crippen molar-refractivity contribution in [3.63, 3.8) is 0 Å². The normalized spacial score (nSPS) is 11.9. The Balaban J connectivity index is 2.09. The van der Waals surface area contributed by atoms with Crippen molar-refractivity contribution in [2.24, 2.45) is 0 Å². The molecule has 1 heterocycles. The standard InChI is InChI=1S/C15H11F3N2/c16-15(17,18)11-2-5-13(6-3-11)20-8-7-10-1-4-12(19)9-14(10)20/h1-9H,19H2. The third kappa shape index (κ3) is 2.11. The molecule has 102 valence electrons. The molecule has 5 heteroatoms. The van der Waals surface area contributed by atoms with Gasteiger partial charge in [0, 0.05) is 23.0 Å². The molecule has 20 heavy (non-hydrogen) atoms. The highest BCUT2D eigenvalue weighted by Crippen LogP contribution is 2.30. The minimum atomic E-state index is -4.32. The van der Waals surface area contributed by atoms with Crippen molar-refractivity contribution in [1.29, 1.82) is 0 Å². The van der Waals surface area contributed by atoms with Crippen molar-refractivity contribution in [3.05, 3.63) is 60.3 Å². The van der Waals surface area contributed by atoms with Gasteiger partial charge in [0.25, 0.3) is 0 Å². The summed E-state index contributed by atoms with van der Waals surface area (Å²) < 4.78 is 39.4. The van der Waals surface area contributed by atoms with Gasteiger partial charge in [-0.2, -0.15) is 13.2 Å². The SMILES string of the molecule is Nc1ccc2ccn(-c3ccc(C(F)(F)F)cc3)c2c1. The molecular formula is C15H11F3N2. The molecule has 2 N–H and O–H groups in total. The second-order valence-corrected chi connectivity index (χ2v) is 4.55. The van der Waals surface area contributed by atoms with Crippen LogP contribution in [0.3, 0.4) is 0 Å². The maximum absolute atomic E-state index is 12.5. The number of rotatable bonds is 1. The quantitative estimate of drug-likeness (QED) is 0.662. The summed E-state index contributed by atoms with van der Waals surface area (Å²) in [4.78, 5) is 0. The van der Waals surface area contributed by atoms with Gasteiger partial charge in [-0.25, -0.2) is 0 Å². The van der Waals surface area contributed by atoms with Gasteiger partial charge < -0.3 is 10.3 Å². The van der Waals surface area contributed by atoms with Crippen molar-refractivity contribution in [1.82, 2.24) is 4.57 Å². The number of anilines is 1. The summed E-state index contributed by atoms with van der Waals surface area (Å²) in [7, 11) is 0. The van der Waals surface area contributed by atoms with E-state index in [1.807, 2.05) is 22.9 Å². The Labute approximate surface area is 113 Å². The van der Waals surface area contributed by atoms with Crippen LogP contribution in [0.4, 0.5) is 18.9 Å². The van der Waals surface area contributed by atoms with Gasteiger partial charge in [-0.05, 0) is 42.5 Å². The first-order valence-corrected chi connectivity index (χ1v) is 5.99. The third-order valence-corrected chi connectivity index (χ3v) is 3.19. The van der Waals surface area contributed by atoms with E-state index in [0.717, 1.165) is 23.0 Å². The van der Waals surface area contributed by atoms with E-state index in [1.165, 1.54) is 12.1 Å². The zero-order valence-electron chi connectivity index (χ0n) is 10.4. The van der Waals surface area contributed by atoms with E-state index < -0.39 is 11.7 Å². The van der Waals surface area contributed by atoms with Crippen LogP contribution in [0.15, 0.2) is 54.7 Å². The molecule has 0 aliphatic heterocycles. The van der Waals surface area contributed by atoms with Gasteiger partial charge in [-0.15, -0.1) is 0 Å². The molecular weight excluding hydrogens is 265 g/mol. The number of nitrogen functional groups attached to an aromatic ring is 1. The Morgan fingerprint density at radius 1 is 0.900 bits per heavy atom. The van der Waals surface area contributed by atoms with E-state index >= 15 is 0 Å². The molecule has 2 aromatic carbocycles. The van der Waals surface area contributed by atoms with Crippen LogP contribution >= 0.6 is 0 Å². The smallest absolute Gasteiger partial charge is 0.399 e. The molecule has 3 aromatic rings. The molecule has 0 radical (unpaired) electrons. The zero-order valence-corrected chi connectivity index (χ0v) is 10.4. The molecule has 2 nitrogen and oxygen atoms in total. The molecule has 0 spiro atoms. The number of nitrogens with two attached hydrogens (primary N) is 1. The van der Waals surface area contributed by atoms with Crippen LogP contribution in [-0.4, -0.2) is 4.57 Å². The molecule has 3 rings (SSSR count). The number of fused-ring (bicyclic) bond motifs is 1. The number of halogens is 3. The van der Waals surface area contributed by atoms with Gasteiger partial charge in [0.1, 0.15) is 0 Å². The van der Waals surface area contributed by atoms with E-state index in [0.29, 0.717) is 11.4 Å². The molecule has 0 unspecified atom stereocenters. The van der Waals surface area contributed by atoms with Crippen molar-refractivity contribution in [3.8, 4) is 5.69 Å². The van der Waals surface area contributed by atoms with Crippen LogP contribution in [0.2, 0.25) is 0 Å². The topological polar surface area (TPSA) is 30.9 Å². The van der Waals surface area contributed by atoms with Crippen LogP contribution < -0.4 is 5.73 Å². The average molecular weight is 276 g/mol. The van der Waals surface area contributed by atoms with E-state index in [2.05, 4.69) is 0 Å². The lowest BCUT2D eigenvalue weighted by Gasteiger charge is -2.09. The Morgan fingerprint density at radius 2 is 1.60 bits per heavy atom. The van der Waals surface area contributed by atoms with Crippen molar-refractivity contribution >= 4 is 16.6 Å². The maximum Gasteiger partial charge on any atom is 0.416 e. The first-order chi connectivity index (χ1) is 9.45. The zero-order chi connectivity index (χ0) is 14.3. The number of aromatic nitrogens is 1. The Hall–Kier alpha value is -2.43.